The molecule has 2 nitrogen and oxygen atoms in total. The van der Waals surface area contributed by atoms with Gasteiger partial charge in [-0.05, 0) is 11.6 Å². The number of benzene rings is 1. The molecule has 0 heterocycles. The molecule has 17 heavy (non-hydrogen) atoms. The molecular formula is C12H17BrO2PdSi. The van der Waals surface area contributed by atoms with Crippen LogP contribution in [0, 0.1) is 6.07 Å². The molecule has 98 valence electrons. The van der Waals surface area contributed by atoms with Crippen molar-refractivity contribution in [3.05, 3.63) is 35.9 Å². The van der Waals surface area contributed by atoms with E-state index < -0.39 is 8.07 Å². The topological polar surface area (TPSA) is 26.3 Å². The molecule has 0 aliphatic rings. The molecule has 0 amide bonds. The molecule has 0 aliphatic heterocycles. The van der Waals surface area contributed by atoms with Crippen LogP contribution < -0.4 is 0 Å². The van der Waals surface area contributed by atoms with Crippen molar-refractivity contribution in [1.29, 1.82) is 0 Å². The molecule has 0 aromatic heterocycles. The predicted octanol–water partition coefficient (Wildman–Crippen LogP) is 3.82. The van der Waals surface area contributed by atoms with E-state index in [2.05, 4.69) is 56.3 Å². The van der Waals surface area contributed by atoms with Gasteiger partial charge in [-0.2, -0.15) is 30.3 Å². The zero-order valence-corrected chi connectivity index (χ0v) is 14.4. The Balaban J connectivity index is 0.00000121. The summed E-state index contributed by atoms with van der Waals surface area (Å²) in [6.07, 6.45) is 0. The molecule has 0 spiro atoms. The third-order valence-corrected chi connectivity index (χ3v) is 3.74. The number of ether oxygens (including phenoxy) is 1. The summed E-state index contributed by atoms with van der Waals surface area (Å²) in [7, 11) is -1.11. The number of hydrogen-bond acceptors (Lipinski definition) is 2. The van der Waals surface area contributed by atoms with E-state index in [0.29, 0.717) is 12.2 Å². The molecule has 0 aliphatic carbocycles. The van der Waals surface area contributed by atoms with Crippen molar-refractivity contribution in [1.82, 2.24) is 0 Å². The van der Waals surface area contributed by atoms with Gasteiger partial charge in [0.05, 0.1) is 6.61 Å². The van der Waals surface area contributed by atoms with E-state index >= 15 is 0 Å². The van der Waals surface area contributed by atoms with Gasteiger partial charge >= 0.3 is 36.6 Å². The van der Waals surface area contributed by atoms with Gasteiger partial charge in [0.1, 0.15) is 0 Å². The Morgan fingerprint density at radius 3 is 2.35 bits per heavy atom. The average molecular weight is 408 g/mol. The summed E-state index contributed by atoms with van der Waals surface area (Å²) in [5.74, 6) is -0.234. The fraction of sp³-hybridized carbons (Fsp3) is 0.417. The Morgan fingerprint density at radius 1 is 1.35 bits per heavy atom. The van der Waals surface area contributed by atoms with Crippen LogP contribution in [0.2, 0.25) is 25.7 Å². The van der Waals surface area contributed by atoms with Gasteiger partial charge in [0.25, 0.3) is 0 Å². The summed E-state index contributed by atoms with van der Waals surface area (Å²) in [5.41, 5.74) is 0.601. The van der Waals surface area contributed by atoms with Crippen molar-refractivity contribution in [2.24, 2.45) is 0 Å². The zero-order valence-electron chi connectivity index (χ0n) is 10.2. The third-order valence-electron chi connectivity index (χ3n) is 2.04. The van der Waals surface area contributed by atoms with Crippen LogP contribution in [-0.4, -0.2) is 20.7 Å². The van der Waals surface area contributed by atoms with Gasteiger partial charge in [0, 0.05) is 8.07 Å². The summed E-state index contributed by atoms with van der Waals surface area (Å²) in [6, 6.07) is 10.8. The van der Waals surface area contributed by atoms with Crippen LogP contribution in [0.4, 0.5) is 0 Å². The van der Waals surface area contributed by atoms with E-state index in [4.69, 9.17) is 4.74 Å². The molecule has 0 bridgehead atoms. The first-order valence-corrected chi connectivity index (χ1v) is 12.5. The van der Waals surface area contributed by atoms with Crippen molar-refractivity contribution in [3.63, 3.8) is 0 Å². The second-order valence-electron chi connectivity index (χ2n) is 4.74. The Hall–Kier alpha value is 0.0492. The minimum absolute atomic E-state index is 0.234. The van der Waals surface area contributed by atoms with E-state index in [9.17, 15) is 4.79 Å². The molecule has 1 aromatic carbocycles. The van der Waals surface area contributed by atoms with E-state index in [0.717, 1.165) is 6.04 Å². The molecule has 0 radical (unpaired) electrons. The van der Waals surface area contributed by atoms with Crippen molar-refractivity contribution in [3.8, 4) is 0 Å². The number of esters is 1. The Bertz CT molecular complexity index is 325. The van der Waals surface area contributed by atoms with Crippen LogP contribution in [-0.2, 0) is 21.9 Å². The first kappa shape index (κ1) is 17.0. The second-order valence-corrected chi connectivity index (χ2v) is 10.4. The Labute approximate surface area is 122 Å². The standard InChI is InChI=1S/C12H17O2Si.BrH.Pd/c1-15(2,3)10-9-14-12(13)11-7-5-4-6-8-11;;/h5-8H,9-10H2,1-3H3;1H;/q-1;;+2/p-1. The van der Waals surface area contributed by atoms with Crippen LogP contribution in [0.25, 0.3) is 0 Å². The van der Waals surface area contributed by atoms with Crippen LogP contribution in [0.1, 0.15) is 10.4 Å². The van der Waals surface area contributed by atoms with Crippen LogP contribution >= 0.6 is 13.4 Å². The summed E-state index contributed by atoms with van der Waals surface area (Å²) < 4.78 is 5.19. The number of carbonyl (C=O) groups excluding carboxylic acids is 1. The quantitative estimate of drug-likeness (QED) is 0.431. The summed E-state index contributed by atoms with van der Waals surface area (Å²) >= 11 is 5.35. The molecule has 0 atom stereocenters. The van der Waals surface area contributed by atoms with Gasteiger partial charge in [-0.15, -0.1) is 0 Å². The molecular weight excluding hydrogens is 391 g/mol. The van der Waals surface area contributed by atoms with Crippen LogP contribution in [0.3, 0.4) is 0 Å². The SMILES string of the molecule is C[Si](C)(C)CCOC(=O)c1cc[c-]cc1.[Br][Pd+]. The first-order valence-electron chi connectivity index (χ1n) is 5.24. The van der Waals surface area contributed by atoms with Crippen LogP contribution in [0.15, 0.2) is 24.3 Å². The summed E-state index contributed by atoms with van der Waals surface area (Å²) in [4.78, 5) is 11.5. The van der Waals surface area contributed by atoms with Gasteiger partial charge in [0.15, 0.2) is 0 Å². The van der Waals surface area contributed by atoms with Crippen molar-refractivity contribution in [2.45, 2.75) is 25.7 Å². The number of hydrogen-bond donors (Lipinski definition) is 0. The van der Waals surface area contributed by atoms with Gasteiger partial charge in [-0.3, -0.25) is 0 Å². The first-order chi connectivity index (χ1) is 7.99. The number of halogens is 1. The van der Waals surface area contributed by atoms with E-state index in [1.54, 1.807) is 24.3 Å². The normalized spacial score (nSPS) is 10.2. The minimum atomic E-state index is -1.11. The third kappa shape index (κ3) is 8.73. The monoisotopic (exact) mass is 406 g/mol. The average Bonchev–Trinajstić information content (AvgIpc) is 2.31. The van der Waals surface area contributed by atoms with Gasteiger partial charge in [-0.25, -0.2) is 4.79 Å². The molecule has 0 fully saturated rings. The maximum absolute atomic E-state index is 11.5. The molecule has 0 N–H and O–H groups in total. The van der Waals surface area contributed by atoms with E-state index in [1.807, 2.05) is 0 Å². The molecule has 0 saturated carbocycles. The predicted molar refractivity (Wildman–Crippen MR) is 72.6 cm³/mol. The van der Waals surface area contributed by atoms with Gasteiger partial charge < -0.3 is 4.74 Å². The van der Waals surface area contributed by atoms with E-state index in [-0.39, 0.29) is 5.97 Å². The fourth-order valence-corrected chi connectivity index (χ4v) is 1.77. The van der Waals surface area contributed by atoms with Crippen LogP contribution in [0.5, 0.6) is 0 Å². The molecule has 1 aromatic rings. The number of carbonyl (C=O) groups is 1. The van der Waals surface area contributed by atoms with Crippen molar-refractivity contribution >= 4 is 27.5 Å². The van der Waals surface area contributed by atoms with Crippen molar-refractivity contribution in [2.75, 3.05) is 6.61 Å². The molecule has 5 heteroatoms. The second kappa shape index (κ2) is 9.04. The Kier molecular flexibility index (Phi) is 9.07. The number of rotatable bonds is 4. The summed E-state index contributed by atoms with van der Waals surface area (Å²) in [5, 5.41) is 0. The molecule has 0 saturated heterocycles. The zero-order chi connectivity index (χ0) is 13.3. The molecule has 0 unspecified atom stereocenters. The van der Waals surface area contributed by atoms with Gasteiger partial charge in [-0.1, -0.05) is 19.6 Å². The fourth-order valence-electron chi connectivity index (χ4n) is 1.06. The summed E-state index contributed by atoms with van der Waals surface area (Å²) in [6.45, 7) is 7.32. The van der Waals surface area contributed by atoms with E-state index in [1.165, 1.54) is 0 Å². The van der Waals surface area contributed by atoms with Crippen molar-refractivity contribution < 1.29 is 26.7 Å². The van der Waals surface area contributed by atoms with Gasteiger partial charge in [0.2, 0.25) is 0 Å². The Morgan fingerprint density at radius 2 is 1.88 bits per heavy atom. The maximum atomic E-state index is 11.5. The molecule has 1 rings (SSSR count).